The lowest BCUT2D eigenvalue weighted by Crippen LogP contribution is -2.20. The van der Waals surface area contributed by atoms with Crippen molar-refractivity contribution >= 4 is 27.5 Å². The van der Waals surface area contributed by atoms with Gasteiger partial charge in [0.15, 0.2) is 0 Å². The molecule has 3 heteroatoms. The van der Waals surface area contributed by atoms with Crippen LogP contribution >= 0.6 is 15.9 Å². The molecule has 90 valence electrons. The van der Waals surface area contributed by atoms with Gasteiger partial charge in [0.05, 0.1) is 6.42 Å². The average molecular weight is 294 g/mol. The van der Waals surface area contributed by atoms with Crippen LogP contribution in [0, 0.1) is 11.8 Å². The van der Waals surface area contributed by atoms with Gasteiger partial charge in [-0.2, -0.15) is 0 Å². The summed E-state index contributed by atoms with van der Waals surface area (Å²) >= 11 is 3.79. The highest BCUT2D eigenvalue weighted by atomic mass is 79.9. The largest absolute Gasteiger partial charge is 0.315 e. The van der Waals surface area contributed by atoms with Gasteiger partial charge >= 0.3 is 0 Å². The van der Waals surface area contributed by atoms with Gasteiger partial charge in [-0.3, -0.25) is 4.79 Å². The quantitative estimate of drug-likeness (QED) is 0.766. The SMILES string of the molecule is CC1CC1C(Br)c1ccc2c(c1)CC(=O)N2C. The molecule has 1 aromatic rings. The molecule has 1 saturated carbocycles. The minimum atomic E-state index is 0.197. The number of rotatable bonds is 2. The van der Waals surface area contributed by atoms with Crippen molar-refractivity contribution in [2.75, 3.05) is 11.9 Å². The van der Waals surface area contributed by atoms with Crippen molar-refractivity contribution in [1.29, 1.82) is 0 Å². The van der Waals surface area contributed by atoms with Gasteiger partial charge in [0, 0.05) is 17.6 Å². The maximum atomic E-state index is 11.6. The van der Waals surface area contributed by atoms with E-state index in [1.807, 2.05) is 7.05 Å². The second-order valence-electron chi connectivity index (χ2n) is 5.30. The van der Waals surface area contributed by atoms with Crippen LogP contribution < -0.4 is 4.90 Å². The fraction of sp³-hybridized carbons (Fsp3) is 0.500. The van der Waals surface area contributed by atoms with Crippen LogP contribution in [-0.2, 0) is 11.2 Å². The molecule has 3 rings (SSSR count). The number of likely N-dealkylation sites (N-methyl/N-ethyl adjacent to an activating group) is 1. The number of alkyl halides is 1. The summed E-state index contributed by atoms with van der Waals surface area (Å²) in [5.41, 5.74) is 3.57. The van der Waals surface area contributed by atoms with E-state index in [0.29, 0.717) is 11.2 Å². The molecule has 17 heavy (non-hydrogen) atoms. The van der Waals surface area contributed by atoms with E-state index < -0.39 is 0 Å². The minimum Gasteiger partial charge on any atom is -0.315 e. The average Bonchev–Trinajstić information content (AvgIpc) is 2.97. The Hall–Kier alpha value is -0.830. The summed E-state index contributed by atoms with van der Waals surface area (Å²) in [5.74, 6) is 1.79. The maximum absolute atomic E-state index is 11.6. The van der Waals surface area contributed by atoms with E-state index in [1.54, 1.807) is 4.90 Å². The normalized spacial score (nSPS) is 28.2. The minimum absolute atomic E-state index is 0.197. The first-order chi connectivity index (χ1) is 8.08. The van der Waals surface area contributed by atoms with Gasteiger partial charge in [0.25, 0.3) is 0 Å². The zero-order chi connectivity index (χ0) is 12.2. The third kappa shape index (κ3) is 1.81. The van der Waals surface area contributed by atoms with Crippen LogP contribution in [0.25, 0.3) is 0 Å². The first-order valence-electron chi connectivity index (χ1n) is 6.11. The van der Waals surface area contributed by atoms with Crippen molar-refractivity contribution in [3.8, 4) is 0 Å². The van der Waals surface area contributed by atoms with Gasteiger partial charge < -0.3 is 4.90 Å². The first kappa shape index (κ1) is 11.3. The highest BCUT2D eigenvalue weighted by Crippen LogP contribution is 2.51. The summed E-state index contributed by atoms with van der Waals surface area (Å²) in [7, 11) is 1.85. The topological polar surface area (TPSA) is 20.3 Å². The monoisotopic (exact) mass is 293 g/mol. The summed E-state index contributed by atoms with van der Waals surface area (Å²) in [6.07, 6.45) is 1.87. The van der Waals surface area contributed by atoms with Gasteiger partial charge in [-0.25, -0.2) is 0 Å². The number of benzene rings is 1. The molecule has 1 aromatic carbocycles. The lowest BCUT2D eigenvalue weighted by molar-refractivity contribution is -0.117. The number of fused-ring (bicyclic) bond motifs is 1. The highest BCUT2D eigenvalue weighted by molar-refractivity contribution is 9.09. The predicted molar refractivity (Wildman–Crippen MR) is 72.5 cm³/mol. The predicted octanol–water partition coefficient (Wildman–Crippen LogP) is 3.30. The van der Waals surface area contributed by atoms with E-state index in [2.05, 4.69) is 41.1 Å². The molecule has 3 atom stereocenters. The summed E-state index contributed by atoms with van der Waals surface area (Å²) in [6, 6.07) is 6.43. The van der Waals surface area contributed by atoms with Crippen LogP contribution in [0.4, 0.5) is 5.69 Å². The maximum Gasteiger partial charge on any atom is 0.231 e. The van der Waals surface area contributed by atoms with Crippen LogP contribution in [0.2, 0.25) is 0 Å². The second-order valence-corrected chi connectivity index (χ2v) is 6.28. The number of nitrogens with zero attached hydrogens (tertiary/aromatic N) is 1. The van der Waals surface area contributed by atoms with E-state index in [-0.39, 0.29) is 5.91 Å². The Morgan fingerprint density at radius 2 is 2.18 bits per heavy atom. The molecule has 1 aliphatic heterocycles. The molecule has 2 aliphatic rings. The molecule has 1 amide bonds. The molecule has 1 heterocycles. The third-order valence-corrected chi connectivity index (χ3v) is 5.25. The third-order valence-electron chi connectivity index (χ3n) is 4.05. The van der Waals surface area contributed by atoms with Gasteiger partial charge in [-0.1, -0.05) is 35.0 Å². The smallest absolute Gasteiger partial charge is 0.231 e. The number of hydrogen-bond acceptors (Lipinski definition) is 1. The van der Waals surface area contributed by atoms with Gasteiger partial charge in [0.1, 0.15) is 0 Å². The van der Waals surface area contributed by atoms with Crippen LogP contribution in [0.15, 0.2) is 18.2 Å². The number of halogens is 1. The number of anilines is 1. The number of hydrogen-bond donors (Lipinski definition) is 0. The zero-order valence-corrected chi connectivity index (χ0v) is 11.7. The summed E-state index contributed by atoms with van der Waals surface area (Å²) in [6.45, 7) is 2.30. The Bertz CT molecular complexity index is 485. The molecule has 0 N–H and O–H groups in total. The molecule has 0 bridgehead atoms. The Labute approximate surface area is 110 Å². The first-order valence-corrected chi connectivity index (χ1v) is 7.03. The van der Waals surface area contributed by atoms with E-state index in [1.165, 1.54) is 17.5 Å². The molecular formula is C14H16BrNO. The van der Waals surface area contributed by atoms with Crippen molar-refractivity contribution in [3.05, 3.63) is 29.3 Å². The van der Waals surface area contributed by atoms with Crippen LogP contribution in [0.1, 0.15) is 29.3 Å². The van der Waals surface area contributed by atoms with Gasteiger partial charge in [-0.05, 0) is 35.4 Å². The van der Waals surface area contributed by atoms with Crippen molar-refractivity contribution < 1.29 is 4.79 Å². The Morgan fingerprint density at radius 3 is 2.82 bits per heavy atom. The standard InChI is InChI=1S/C14H16BrNO/c1-8-5-11(8)14(15)9-3-4-12-10(6-9)7-13(17)16(12)2/h3-4,6,8,11,14H,5,7H2,1-2H3. The molecule has 2 nitrogen and oxygen atoms in total. The van der Waals surface area contributed by atoms with Crippen molar-refractivity contribution in [3.63, 3.8) is 0 Å². The van der Waals surface area contributed by atoms with Gasteiger partial charge in [0.2, 0.25) is 5.91 Å². The van der Waals surface area contributed by atoms with Gasteiger partial charge in [-0.15, -0.1) is 0 Å². The van der Waals surface area contributed by atoms with Crippen LogP contribution in [-0.4, -0.2) is 13.0 Å². The van der Waals surface area contributed by atoms with E-state index >= 15 is 0 Å². The van der Waals surface area contributed by atoms with Crippen molar-refractivity contribution in [2.45, 2.75) is 24.6 Å². The molecule has 1 aliphatic carbocycles. The summed E-state index contributed by atoms with van der Waals surface area (Å²) in [4.78, 5) is 13.8. The Kier molecular flexibility index (Phi) is 2.54. The highest BCUT2D eigenvalue weighted by Gasteiger charge is 2.39. The van der Waals surface area contributed by atoms with Crippen molar-refractivity contribution in [2.24, 2.45) is 11.8 Å². The summed E-state index contributed by atoms with van der Waals surface area (Å²) in [5, 5.41) is 0. The van der Waals surface area contributed by atoms with Crippen LogP contribution in [0.5, 0.6) is 0 Å². The molecule has 0 radical (unpaired) electrons. The molecule has 0 saturated heterocycles. The molecule has 0 spiro atoms. The molecular weight excluding hydrogens is 278 g/mol. The molecule has 3 unspecified atom stereocenters. The van der Waals surface area contributed by atoms with E-state index in [4.69, 9.17) is 0 Å². The fourth-order valence-electron chi connectivity index (χ4n) is 2.67. The van der Waals surface area contributed by atoms with Crippen LogP contribution in [0.3, 0.4) is 0 Å². The number of carbonyl (C=O) groups excluding carboxylic acids is 1. The second kappa shape index (κ2) is 3.84. The number of carbonyl (C=O) groups is 1. The molecule has 0 aromatic heterocycles. The molecule has 1 fully saturated rings. The Balaban J connectivity index is 1.90. The Morgan fingerprint density at radius 1 is 1.47 bits per heavy atom. The van der Waals surface area contributed by atoms with Crippen molar-refractivity contribution in [1.82, 2.24) is 0 Å². The lowest BCUT2D eigenvalue weighted by Gasteiger charge is -2.13. The summed E-state index contributed by atoms with van der Waals surface area (Å²) < 4.78 is 0. The van der Waals surface area contributed by atoms with E-state index in [9.17, 15) is 4.79 Å². The number of amides is 1. The fourth-order valence-corrected chi connectivity index (χ4v) is 3.69. The zero-order valence-electron chi connectivity index (χ0n) is 10.1. The van der Waals surface area contributed by atoms with E-state index in [0.717, 1.165) is 17.5 Å². The lowest BCUT2D eigenvalue weighted by atomic mass is 10.0.